The van der Waals surface area contributed by atoms with Gasteiger partial charge in [-0.2, -0.15) is 5.26 Å². The standard InChI is InChI=1S/C15H12BrN3O3/c16-13-6-5-12(22-13)15(21)18-9-14(20)19-11-3-1-10(2-4-11)7-8-17/h1-6H,7,9H2,(H,18,21)(H,19,20). The van der Waals surface area contributed by atoms with Gasteiger partial charge in [0, 0.05) is 5.69 Å². The first-order chi connectivity index (χ1) is 10.6. The van der Waals surface area contributed by atoms with Gasteiger partial charge in [0.2, 0.25) is 5.91 Å². The lowest BCUT2D eigenvalue weighted by atomic mass is 10.1. The molecule has 0 saturated carbocycles. The molecule has 2 rings (SSSR count). The minimum Gasteiger partial charge on any atom is -0.444 e. The number of hydrogen-bond donors (Lipinski definition) is 2. The van der Waals surface area contributed by atoms with Crippen LogP contribution in [-0.2, 0) is 11.2 Å². The number of rotatable bonds is 5. The molecule has 0 aliphatic carbocycles. The quantitative estimate of drug-likeness (QED) is 0.854. The lowest BCUT2D eigenvalue weighted by molar-refractivity contribution is -0.115. The number of amides is 2. The molecule has 0 bridgehead atoms. The van der Waals surface area contributed by atoms with Gasteiger partial charge in [0.1, 0.15) is 0 Å². The molecule has 2 N–H and O–H groups in total. The van der Waals surface area contributed by atoms with Gasteiger partial charge < -0.3 is 15.1 Å². The number of benzene rings is 1. The smallest absolute Gasteiger partial charge is 0.287 e. The number of nitrogens with zero attached hydrogens (tertiary/aromatic N) is 1. The maximum Gasteiger partial charge on any atom is 0.287 e. The number of nitriles is 1. The lowest BCUT2D eigenvalue weighted by Gasteiger charge is -2.06. The topological polar surface area (TPSA) is 95.1 Å². The molecule has 0 unspecified atom stereocenters. The molecule has 2 aromatic rings. The van der Waals surface area contributed by atoms with Gasteiger partial charge in [0.05, 0.1) is 19.0 Å². The number of nitrogens with one attached hydrogen (secondary N) is 2. The first-order valence-electron chi connectivity index (χ1n) is 6.38. The fourth-order valence-electron chi connectivity index (χ4n) is 1.69. The Kier molecular flexibility index (Phi) is 5.33. The van der Waals surface area contributed by atoms with Gasteiger partial charge in [-0.05, 0) is 45.8 Å². The highest BCUT2D eigenvalue weighted by molar-refractivity contribution is 9.10. The van der Waals surface area contributed by atoms with E-state index in [-0.39, 0.29) is 18.2 Å². The molecule has 0 spiro atoms. The molecule has 0 aliphatic heterocycles. The third kappa shape index (κ3) is 4.46. The van der Waals surface area contributed by atoms with Crippen LogP contribution in [0.5, 0.6) is 0 Å². The van der Waals surface area contributed by atoms with Crippen LogP contribution >= 0.6 is 15.9 Å². The zero-order valence-electron chi connectivity index (χ0n) is 11.4. The third-order valence-corrected chi connectivity index (χ3v) is 3.15. The predicted molar refractivity (Wildman–Crippen MR) is 83.1 cm³/mol. The summed E-state index contributed by atoms with van der Waals surface area (Å²) < 4.78 is 5.52. The van der Waals surface area contributed by atoms with Crippen LogP contribution in [0.4, 0.5) is 5.69 Å². The fourth-order valence-corrected chi connectivity index (χ4v) is 1.99. The number of anilines is 1. The maximum absolute atomic E-state index is 11.7. The van der Waals surface area contributed by atoms with Crippen molar-refractivity contribution in [1.82, 2.24) is 5.32 Å². The van der Waals surface area contributed by atoms with E-state index in [2.05, 4.69) is 26.6 Å². The Morgan fingerprint density at radius 2 is 1.91 bits per heavy atom. The molecule has 6 nitrogen and oxygen atoms in total. The van der Waals surface area contributed by atoms with Gasteiger partial charge in [-0.15, -0.1) is 0 Å². The molecule has 0 atom stereocenters. The molecule has 0 radical (unpaired) electrons. The molecule has 1 aromatic heterocycles. The van der Waals surface area contributed by atoms with Crippen LogP contribution in [0.1, 0.15) is 16.1 Å². The number of halogens is 1. The van der Waals surface area contributed by atoms with E-state index in [1.165, 1.54) is 6.07 Å². The Balaban J connectivity index is 1.82. The van der Waals surface area contributed by atoms with Gasteiger partial charge in [-0.25, -0.2) is 0 Å². The van der Waals surface area contributed by atoms with Crippen molar-refractivity contribution in [3.63, 3.8) is 0 Å². The molecule has 1 heterocycles. The van der Waals surface area contributed by atoms with Crippen molar-refractivity contribution in [3.8, 4) is 6.07 Å². The Morgan fingerprint density at radius 1 is 1.18 bits per heavy atom. The molecule has 2 amide bonds. The maximum atomic E-state index is 11.7. The second-order valence-corrected chi connectivity index (χ2v) is 5.15. The summed E-state index contributed by atoms with van der Waals surface area (Å²) in [5.41, 5.74) is 1.47. The molecular weight excluding hydrogens is 350 g/mol. The monoisotopic (exact) mass is 361 g/mol. The minimum atomic E-state index is -0.467. The van der Waals surface area contributed by atoms with Crippen LogP contribution < -0.4 is 10.6 Å². The van der Waals surface area contributed by atoms with Crippen LogP contribution in [0.25, 0.3) is 0 Å². The third-order valence-electron chi connectivity index (χ3n) is 2.73. The molecule has 0 fully saturated rings. The first kappa shape index (κ1) is 15.8. The zero-order chi connectivity index (χ0) is 15.9. The summed E-state index contributed by atoms with van der Waals surface area (Å²) in [7, 11) is 0. The average Bonchev–Trinajstić information content (AvgIpc) is 2.94. The molecule has 0 saturated heterocycles. The van der Waals surface area contributed by atoms with E-state index in [0.29, 0.717) is 16.8 Å². The molecule has 112 valence electrons. The van der Waals surface area contributed by atoms with E-state index in [1.54, 1.807) is 30.3 Å². The molecule has 7 heteroatoms. The summed E-state index contributed by atoms with van der Waals surface area (Å²) in [5.74, 6) is -0.697. The Morgan fingerprint density at radius 3 is 2.50 bits per heavy atom. The minimum absolute atomic E-state index is 0.125. The van der Waals surface area contributed by atoms with Gasteiger partial charge in [-0.3, -0.25) is 9.59 Å². The van der Waals surface area contributed by atoms with Crippen LogP contribution in [0.3, 0.4) is 0 Å². The van der Waals surface area contributed by atoms with Crippen molar-refractivity contribution < 1.29 is 14.0 Å². The van der Waals surface area contributed by atoms with E-state index in [4.69, 9.17) is 9.68 Å². The van der Waals surface area contributed by atoms with Crippen LogP contribution in [0, 0.1) is 11.3 Å². The van der Waals surface area contributed by atoms with Gasteiger partial charge in [0.25, 0.3) is 5.91 Å². The zero-order valence-corrected chi connectivity index (χ0v) is 13.0. The summed E-state index contributed by atoms with van der Waals surface area (Å²) in [6, 6.07) is 12.1. The highest BCUT2D eigenvalue weighted by Gasteiger charge is 2.11. The van der Waals surface area contributed by atoms with Gasteiger partial charge in [0.15, 0.2) is 10.4 Å². The molecule has 1 aromatic carbocycles. The van der Waals surface area contributed by atoms with Crippen molar-refractivity contribution in [2.24, 2.45) is 0 Å². The summed E-state index contributed by atoms with van der Waals surface area (Å²) in [6.07, 6.45) is 0.322. The second kappa shape index (κ2) is 7.43. The largest absolute Gasteiger partial charge is 0.444 e. The Labute approximate surface area is 135 Å². The van der Waals surface area contributed by atoms with E-state index >= 15 is 0 Å². The summed E-state index contributed by atoms with van der Waals surface area (Å²) in [5, 5.41) is 13.7. The second-order valence-electron chi connectivity index (χ2n) is 4.37. The van der Waals surface area contributed by atoms with Crippen molar-refractivity contribution in [2.75, 3.05) is 11.9 Å². The van der Waals surface area contributed by atoms with E-state index < -0.39 is 5.91 Å². The Bertz CT molecular complexity index is 716. The SMILES string of the molecule is N#CCc1ccc(NC(=O)CNC(=O)c2ccc(Br)o2)cc1. The number of furan rings is 1. The number of hydrogen-bond acceptors (Lipinski definition) is 4. The molecular formula is C15H12BrN3O3. The number of carbonyl (C=O) groups is 2. The first-order valence-corrected chi connectivity index (χ1v) is 7.17. The van der Waals surface area contributed by atoms with Crippen molar-refractivity contribution in [2.45, 2.75) is 6.42 Å². The lowest BCUT2D eigenvalue weighted by Crippen LogP contribution is -2.32. The summed E-state index contributed by atoms with van der Waals surface area (Å²) in [4.78, 5) is 23.4. The predicted octanol–water partition coefficient (Wildman–Crippen LogP) is 2.48. The summed E-state index contributed by atoms with van der Waals surface area (Å²) in [6.45, 7) is -0.170. The highest BCUT2D eigenvalue weighted by atomic mass is 79.9. The van der Waals surface area contributed by atoms with Crippen LogP contribution in [-0.4, -0.2) is 18.4 Å². The summed E-state index contributed by atoms with van der Waals surface area (Å²) >= 11 is 3.10. The van der Waals surface area contributed by atoms with Gasteiger partial charge in [-0.1, -0.05) is 12.1 Å². The fraction of sp³-hybridized carbons (Fsp3) is 0.133. The van der Waals surface area contributed by atoms with E-state index in [0.717, 1.165) is 5.56 Å². The normalized spacial score (nSPS) is 9.82. The highest BCUT2D eigenvalue weighted by Crippen LogP contribution is 2.13. The van der Waals surface area contributed by atoms with Gasteiger partial charge >= 0.3 is 0 Å². The van der Waals surface area contributed by atoms with E-state index in [1.807, 2.05) is 6.07 Å². The van der Waals surface area contributed by atoms with E-state index in [9.17, 15) is 9.59 Å². The van der Waals surface area contributed by atoms with Crippen molar-refractivity contribution in [1.29, 1.82) is 5.26 Å². The van der Waals surface area contributed by atoms with Crippen LogP contribution in [0.2, 0.25) is 0 Å². The van der Waals surface area contributed by atoms with Crippen molar-refractivity contribution in [3.05, 3.63) is 52.4 Å². The van der Waals surface area contributed by atoms with Crippen molar-refractivity contribution >= 4 is 33.4 Å². The number of carbonyl (C=O) groups excluding carboxylic acids is 2. The van der Waals surface area contributed by atoms with Crippen LogP contribution in [0.15, 0.2) is 45.5 Å². The molecule has 22 heavy (non-hydrogen) atoms. The average molecular weight is 362 g/mol. The molecule has 0 aliphatic rings. The Hall–Kier alpha value is -2.59.